The average Bonchev–Trinajstić information content (AvgIpc) is 3.02. The summed E-state index contributed by atoms with van der Waals surface area (Å²) in [5.41, 5.74) is 0.245. The normalized spacial score (nSPS) is 45.0. The number of nitrogens with one attached hydrogen (secondary N) is 1. The molecular formula is C14H19NOS2. The Kier molecular flexibility index (Phi) is 2.36. The van der Waals surface area contributed by atoms with Crippen LogP contribution in [0, 0.1) is 17.8 Å². The van der Waals surface area contributed by atoms with Crippen LogP contribution < -0.4 is 4.87 Å². The van der Waals surface area contributed by atoms with Crippen molar-refractivity contribution in [3.63, 3.8) is 0 Å². The van der Waals surface area contributed by atoms with E-state index in [1.807, 2.05) is 11.8 Å². The minimum Gasteiger partial charge on any atom is -0.307 e. The number of rotatable bonds is 1. The Morgan fingerprint density at radius 2 is 2.17 bits per heavy atom. The summed E-state index contributed by atoms with van der Waals surface area (Å²) in [4.78, 5) is 16.3. The van der Waals surface area contributed by atoms with Crippen molar-refractivity contribution in [2.45, 2.75) is 55.2 Å². The monoisotopic (exact) mass is 281 g/mol. The molecule has 1 aromatic rings. The number of aromatic nitrogens is 1. The van der Waals surface area contributed by atoms with E-state index in [2.05, 4.69) is 18.8 Å². The average molecular weight is 281 g/mol. The van der Waals surface area contributed by atoms with Crippen LogP contribution in [0.1, 0.15) is 44.4 Å². The van der Waals surface area contributed by atoms with Crippen molar-refractivity contribution in [1.29, 1.82) is 0 Å². The van der Waals surface area contributed by atoms with Crippen LogP contribution >= 0.6 is 23.1 Å². The van der Waals surface area contributed by atoms with Crippen LogP contribution in [0.3, 0.4) is 0 Å². The summed E-state index contributed by atoms with van der Waals surface area (Å²) in [7, 11) is 0. The molecule has 5 atom stereocenters. The molecule has 5 unspecified atom stereocenters. The molecule has 2 bridgehead atoms. The maximum Gasteiger partial charge on any atom is 0.305 e. The fourth-order valence-electron chi connectivity index (χ4n) is 4.75. The molecule has 2 nitrogen and oxygen atoms in total. The van der Waals surface area contributed by atoms with Crippen molar-refractivity contribution in [2.24, 2.45) is 17.8 Å². The Balaban J connectivity index is 1.89. The molecule has 4 rings (SSSR count). The second-order valence-electron chi connectivity index (χ2n) is 6.39. The molecule has 1 N–H and O–H groups in total. The van der Waals surface area contributed by atoms with Gasteiger partial charge in [0.05, 0.1) is 5.03 Å². The number of aromatic amines is 1. The third-order valence-electron chi connectivity index (χ3n) is 5.70. The Morgan fingerprint density at radius 3 is 2.94 bits per heavy atom. The number of hydrogen-bond donors (Lipinski definition) is 1. The maximum atomic E-state index is 11.7. The van der Waals surface area contributed by atoms with Gasteiger partial charge in [0.15, 0.2) is 0 Å². The third kappa shape index (κ3) is 1.29. The quantitative estimate of drug-likeness (QED) is 0.852. The SMILES string of the molecule is CCC1(C)c2sc(=O)[nH]c2SC2C3CCC(C3)C21. The van der Waals surface area contributed by atoms with E-state index in [4.69, 9.17) is 0 Å². The van der Waals surface area contributed by atoms with Crippen LogP contribution in [0.4, 0.5) is 0 Å². The number of thioether (sulfide) groups is 1. The molecule has 2 saturated carbocycles. The van der Waals surface area contributed by atoms with Gasteiger partial charge in [0.2, 0.25) is 0 Å². The summed E-state index contributed by atoms with van der Waals surface area (Å²) in [6, 6.07) is 0. The first-order valence-electron chi connectivity index (χ1n) is 7.03. The lowest BCUT2D eigenvalue weighted by Gasteiger charge is -2.46. The van der Waals surface area contributed by atoms with Crippen molar-refractivity contribution in [3.8, 4) is 0 Å². The molecule has 4 heteroatoms. The van der Waals surface area contributed by atoms with E-state index in [0.717, 1.165) is 23.0 Å². The summed E-state index contributed by atoms with van der Waals surface area (Å²) < 4.78 is 0. The Bertz CT molecular complexity index is 548. The van der Waals surface area contributed by atoms with E-state index in [-0.39, 0.29) is 10.3 Å². The predicted octanol–water partition coefficient (Wildman–Crippen LogP) is 3.62. The van der Waals surface area contributed by atoms with Gasteiger partial charge in [-0.05, 0) is 43.4 Å². The predicted molar refractivity (Wildman–Crippen MR) is 76.5 cm³/mol. The molecule has 98 valence electrons. The minimum absolute atomic E-state index is 0.138. The Hall–Kier alpha value is -0.220. The first-order valence-corrected chi connectivity index (χ1v) is 8.73. The minimum atomic E-state index is 0.138. The van der Waals surface area contributed by atoms with Gasteiger partial charge >= 0.3 is 4.87 Å². The lowest BCUT2D eigenvalue weighted by Crippen LogP contribution is -2.44. The highest BCUT2D eigenvalue weighted by atomic mass is 32.2. The lowest BCUT2D eigenvalue weighted by molar-refractivity contribution is 0.195. The second kappa shape index (κ2) is 3.66. The van der Waals surface area contributed by atoms with Crippen LogP contribution in [0.15, 0.2) is 9.82 Å². The van der Waals surface area contributed by atoms with Crippen molar-refractivity contribution in [1.82, 2.24) is 4.98 Å². The van der Waals surface area contributed by atoms with E-state index in [1.54, 1.807) is 0 Å². The van der Waals surface area contributed by atoms with Gasteiger partial charge in [-0.3, -0.25) is 4.79 Å². The maximum absolute atomic E-state index is 11.7. The summed E-state index contributed by atoms with van der Waals surface area (Å²) in [6.45, 7) is 4.71. The molecule has 18 heavy (non-hydrogen) atoms. The van der Waals surface area contributed by atoms with Gasteiger partial charge in [0, 0.05) is 15.5 Å². The molecule has 0 spiro atoms. The lowest BCUT2D eigenvalue weighted by atomic mass is 9.66. The first-order chi connectivity index (χ1) is 8.63. The number of hydrogen-bond acceptors (Lipinski definition) is 3. The van der Waals surface area contributed by atoms with Gasteiger partial charge in [0.1, 0.15) is 0 Å². The number of fused-ring (bicyclic) bond motifs is 6. The van der Waals surface area contributed by atoms with Gasteiger partial charge in [-0.15, -0.1) is 11.8 Å². The Morgan fingerprint density at radius 1 is 1.39 bits per heavy atom. The van der Waals surface area contributed by atoms with E-state index >= 15 is 0 Å². The molecule has 2 aliphatic carbocycles. The van der Waals surface area contributed by atoms with Gasteiger partial charge in [-0.2, -0.15) is 0 Å². The van der Waals surface area contributed by atoms with Crippen LogP contribution in [-0.4, -0.2) is 10.2 Å². The molecule has 0 radical (unpaired) electrons. The Labute approximate surface area is 116 Å². The third-order valence-corrected chi connectivity index (χ3v) is 8.48. The standard InChI is InChI=1S/C14H19NOS2/c1-3-14(2)9-7-4-5-8(6-7)10(9)17-12-11(14)18-13(16)15-12/h7-10H,3-6H2,1-2H3,(H,15,16). The summed E-state index contributed by atoms with van der Waals surface area (Å²) in [5.74, 6) is 2.64. The van der Waals surface area contributed by atoms with Gasteiger partial charge < -0.3 is 4.98 Å². The zero-order valence-electron chi connectivity index (χ0n) is 10.9. The smallest absolute Gasteiger partial charge is 0.305 e. The highest BCUT2D eigenvalue weighted by molar-refractivity contribution is 8.00. The molecule has 3 aliphatic rings. The fraction of sp³-hybridized carbons (Fsp3) is 0.786. The van der Waals surface area contributed by atoms with E-state index in [9.17, 15) is 4.79 Å². The van der Waals surface area contributed by atoms with Crippen LogP contribution in [0.5, 0.6) is 0 Å². The topological polar surface area (TPSA) is 32.9 Å². The van der Waals surface area contributed by atoms with Gasteiger partial charge in [0.25, 0.3) is 0 Å². The molecule has 0 saturated heterocycles. The van der Waals surface area contributed by atoms with Crippen molar-refractivity contribution in [3.05, 3.63) is 14.5 Å². The van der Waals surface area contributed by atoms with E-state index < -0.39 is 0 Å². The molecule has 0 aromatic carbocycles. The molecule has 2 fully saturated rings. The van der Waals surface area contributed by atoms with Crippen molar-refractivity contribution in [2.75, 3.05) is 0 Å². The molecule has 2 heterocycles. The molecular weight excluding hydrogens is 262 g/mol. The zero-order valence-corrected chi connectivity index (χ0v) is 12.5. The van der Waals surface area contributed by atoms with Crippen LogP contribution in [0.2, 0.25) is 0 Å². The molecule has 1 aromatic heterocycles. The number of H-pyrrole nitrogens is 1. The fourth-order valence-corrected chi connectivity index (χ4v) is 7.95. The first kappa shape index (κ1) is 11.6. The van der Waals surface area contributed by atoms with Crippen LogP contribution in [0.25, 0.3) is 0 Å². The van der Waals surface area contributed by atoms with Gasteiger partial charge in [-0.25, -0.2) is 0 Å². The largest absolute Gasteiger partial charge is 0.307 e. The summed E-state index contributed by atoms with van der Waals surface area (Å²) >= 11 is 3.45. The number of thiazole rings is 1. The van der Waals surface area contributed by atoms with Gasteiger partial charge in [-0.1, -0.05) is 25.2 Å². The highest BCUT2D eigenvalue weighted by Gasteiger charge is 2.58. The molecule has 0 amide bonds. The van der Waals surface area contributed by atoms with E-state index in [0.29, 0.717) is 0 Å². The second-order valence-corrected chi connectivity index (χ2v) is 8.56. The van der Waals surface area contributed by atoms with Crippen molar-refractivity contribution < 1.29 is 0 Å². The summed E-state index contributed by atoms with van der Waals surface area (Å²) in [6.07, 6.45) is 5.45. The summed E-state index contributed by atoms with van der Waals surface area (Å²) in [5, 5.41) is 1.97. The van der Waals surface area contributed by atoms with Crippen molar-refractivity contribution >= 4 is 23.1 Å². The highest BCUT2D eigenvalue weighted by Crippen LogP contribution is 2.64. The zero-order chi connectivity index (χ0) is 12.5. The van der Waals surface area contributed by atoms with E-state index in [1.165, 1.54) is 46.9 Å². The molecule has 1 aliphatic heterocycles. The van der Waals surface area contributed by atoms with Crippen LogP contribution in [-0.2, 0) is 5.41 Å².